The molecule has 0 saturated carbocycles. The van der Waals surface area contributed by atoms with E-state index in [0.717, 1.165) is 17.2 Å². The summed E-state index contributed by atoms with van der Waals surface area (Å²) < 4.78 is 77.6. The van der Waals surface area contributed by atoms with Gasteiger partial charge in [-0.25, -0.2) is 45.6 Å². The van der Waals surface area contributed by atoms with Gasteiger partial charge >= 0.3 is 17.9 Å². The molecule has 7 rings (SSSR count). The van der Waals surface area contributed by atoms with E-state index in [1.165, 1.54) is 36.4 Å². The van der Waals surface area contributed by atoms with Gasteiger partial charge in [0, 0.05) is 44.2 Å². The van der Waals surface area contributed by atoms with Crippen molar-refractivity contribution in [1.29, 1.82) is 10.5 Å². The summed E-state index contributed by atoms with van der Waals surface area (Å²) in [7, 11) is -7.74. The molecule has 80 heavy (non-hydrogen) atoms. The number of anilines is 2. The van der Waals surface area contributed by atoms with Crippen LogP contribution in [0.15, 0.2) is 79.0 Å². The molecule has 0 atom stereocenters. The van der Waals surface area contributed by atoms with Crippen LogP contribution in [-0.4, -0.2) is 111 Å². The molecular formula is C56H64FN9O12S2. The predicted molar refractivity (Wildman–Crippen MR) is 294 cm³/mol. The fraction of sp³-hybridized carbons (Fsp3) is 0.393. The molecule has 0 unspecified atom stereocenters. The largest absolute Gasteiger partial charge is 0.478 e. The Labute approximate surface area is 465 Å². The highest BCUT2D eigenvalue weighted by Gasteiger charge is 2.32. The lowest BCUT2D eigenvalue weighted by atomic mass is 9.96. The van der Waals surface area contributed by atoms with Gasteiger partial charge in [-0.05, 0) is 134 Å². The zero-order valence-corrected chi connectivity index (χ0v) is 47.1. The molecule has 0 radical (unpaired) electrons. The molecule has 5 aromatic rings. The van der Waals surface area contributed by atoms with Gasteiger partial charge in [-0.15, -0.1) is 0 Å². The molecule has 0 aliphatic carbocycles. The number of carbonyl (C=O) groups is 5. The van der Waals surface area contributed by atoms with Crippen LogP contribution < -0.4 is 19.2 Å². The number of aryl methyl sites for hydroxylation is 5. The molecule has 2 saturated heterocycles. The van der Waals surface area contributed by atoms with Crippen LogP contribution >= 0.6 is 0 Å². The quantitative estimate of drug-likeness (QED) is 0.0880. The highest BCUT2D eigenvalue weighted by molar-refractivity contribution is 7.90. The Morgan fingerprint density at radius 2 is 1.24 bits per heavy atom. The van der Waals surface area contributed by atoms with Crippen molar-refractivity contribution in [2.45, 2.75) is 92.4 Å². The SMILES string of the molecule is CCOC(=O)c1cc(C#N)c(N2CCC(C(=O)NS(=O)(=O)Cc3cccc(F)c3)CC2)nc1C.Cc1ccccc1CCS(=O)(=O)NC(=O)C1CCN(c2nc(C)c(C(=O)OC(C)C)cc2C#N)CC1.Cc1ncccc1C(=O)O. The molecule has 2 fully saturated rings. The molecule has 0 spiro atoms. The summed E-state index contributed by atoms with van der Waals surface area (Å²) in [5, 5.41) is 27.7. The molecule has 21 nitrogen and oxygen atoms in total. The Morgan fingerprint density at radius 3 is 1.70 bits per heavy atom. The van der Waals surface area contributed by atoms with Crippen LogP contribution in [0.5, 0.6) is 0 Å². The number of nitrogens with zero attached hydrogens (tertiary/aromatic N) is 7. The Balaban J connectivity index is 0.000000250. The lowest BCUT2D eigenvalue weighted by Gasteiger charge is -2.32. The van der Waals surface area contributed by atoms with Crippen molar-refractivity contribution < 1.29 is 59.8 Å². The van der Waals surface area contributed by atoms with Crippen LogP contribution in [0.25, 0.3) is 0 Å². The van der Waals surface area contributed by atoms with E-state index in [2.05, 4.69) is 36.5 Å². The maximum atomic E-state index is 13.3. The lowest BCUT2D eigenvalue weighted by molar-refractivity contribution is -0.124. The average molecular weight is 1140 g/mol. The van der Waals surface area contributed by atoms with E-state index >= 15 is 0 Å². The molecule has 0 bridgehead atoms. The van der Waals surface area contributed by atoms with E-state index in [4.69, 9.17) is 14.6 Å². The normalized spacial score (nSPS) is 13.7. The van der Waals surface area contributed by atoms with Gasteiger partial charge in [0.05, 0.1) is 69.1 Å². The molecule has 2 amide bonds. The molecule has 5 heterocycles. The smallest absolute Gasteiger partial charge is 0.340 e. The number of rotatable bonds is 16. The van der Waals surface area contributed by atoms with E-state index in [1.807, 2.05) is 41.0 Å². The average Bonchev–Trinajstić information content (AvgIpc) is 3.40. The van der Waals surface area contributed by atoms with Gasteiger partial charge < -0.3 is 24.4 Å². The summed E-state index contributed by atoms with van der Waals surface area (Å²) in [6, 6.07) is 23.0. The van der Waals surface area contributed by atoms with Crippen molar-refractivity contribution in [3.63, 3.8) is 0 Å². The van der Waals surface area contributed by atoms with Crippen LogP contribution in [0, 0.1) is 68.0 Å². The number of aromatic carboxylic acids is 1. The summed E-state index contributed by atoms with van der Waals surface area (Å²) in [6.45, 7) is 13.9. The Bertz CT molecular complexity index is 3400. The number of ether oxygens (including phenoxy) is 2. The van der Waals surface area contributed by atoms with E-state index in [9.17, 15) is 55.7 Å². The van der Waals surface area contributed by atoms with Crippen LogP contribution in [0.1, 0.15) is 122 Å². The number of hydrogen-bond donors (Lipinski definition) is 3. The maximum Gasteiger partial charge on any atom is 0.340 e. The first-order valence-corrected chi connectivity index (χ1v) is 28.9. The summed E-state index contributed by atoms with van der Waals surface area (Å²) >= 11 is 0. The van der Waals surface area contributed by atoms with Crippen molar-refractivity contribution in [3.8, 4) is 12.1 Å². The van der Waals surface area contributed by atoms with E-state index in [1.54, 1.807) is 53.8 Å². The number of esters is 2. The molecule has 2 aliphatic rings. The van der Waals surface area contributed by atoms with Gasteiger partial charge in [0.1, 0.15) is 29.6 Å². The predicted octanol–water partition coefficient (Wildman–Crippen LogP) is 6.57. The topological polar surface area (TPSA) is 309 Å². The summed E-state index contributed by atoms with van der Waals surface area (Å²) in [5.74, 6) is -4.49. The number of nitriles is 2. The van der Waals surface area contributed by atoms with E-state index in [0.29, 0.717) is 87.0 Å². The minimum Gasteiger partial charge on any atom is -0.478 e. The number of nitrogens with one attached hydrogen (secondary N) is 2. The fourth-order valence-electron chi connectivity index (χ4n) is 8.69. The van der Waals surface area contributed by atoms with Gasteiger partial charge in [0.25, 0.3) is 0 Å². The van der Waals surface area contributed by atoms with Gasteiger partial charge in [0.2, 0.25) is 31.9 Å². The van der Waals surface area contributed by atoms with Gasteiger partial charge in [0.15, 0.2) is 0 Å². The Kier molecular flexibility index (Phi) is 22.3. The summed E-state index contributed by atoms with van der Waals surface area (Å²) in [5.41, 5.74) is 4.82. The number of carboxylic acid groups (broad SMARTS) is 1. The minimum atomic E-state index is -3.98. The third kappa shape index (κ3) is 17.8. The highest BCUT2D eigenvalue weighted by Crippen LogP contribution is 2.29. The fourth-order valence-corrected chi connectivity index (χ4v) is 10.9. The van der Waals surface area contributed by atoms with E-state index < -0.39 is 73.2 Å². The second-order valence-electron chi connectivity index (χ2n) is 19.2. The van der Waals surface area contributed by atoms with Crippen molar-refractivity contribution in [3.05, 3.63) is 146 Å². The first-order chi connectivity index (χ1) is 37.8. The molecule has 424 valence electrons. The van der Waals surface area contributed by atoms with Crippen LogP contribution in [0.2, 0.25) is 0 Å². The minimum absolute atomic E-state index is 0.164. The van der Waals surface area contributed by atoms with Gasteiger partial charge in [-0.1, -0.05) is 36.4 Å². The van der Waals surface area contributed by atoms with Gasteiger partial charge in [-0.3, -0.25) is 24.0 Å². The van der Waals surface area contributed by atoms with Gasteiger partial charge in [-0.2, -0.15) is 10.5 Å². The van der Waals surface area contributed by atoms with Crippen LogP contribution in [-0.2, 0) is 51.3 Å². The van der Waals surface area contributed by atoms with Crippen LogP contribution in [0.4, 0.5) is 16.0 Å². The standard InChI is InChI=1S/C26H32N4O5S.C23H25FN4O5S.C7H7NO2/c1-17(2)35-26(32)23-15-22(16-27)24(28-19(23)4)30-12-9-21(10-13-30)25(31)29-36(33,34)14-11-20-8-6-5-7-18(20)3;1-3-33-23(30)20-12-18(13-25)21(26-15(20)2)28-9-7-17(8-10-28)22(29)27-34(31,32)14-16-5-4-6-19(24)11-16;1-5-6(7(9)10)3-2-4-8-5/h5-8,15,17,21H,9-14H2,1-4H3,(H,29,31);4-6,11-12,17H,3,7-10,14H2,1-2H3,(H,27,29);2-4H,1H3,(H,9,10). The number of benzene rings is 2. The summed E-state index contributed by atoms with van der Waals surface area (Å²) in [6.07, 6.45) is 3.15. The first kappa shape index (κ1) is 62.5. The second-order valence-corrected chi connectivity index (χ2v) is 22.7. The third-order valence-electron chi connectivity index (χ3n) is 12.9. The zero-order chi connectivity index (χ0) is 58.9. The number of pyridine rings is 3. The zero-order valence-electron chi connectivity index (χ0n) is 45.5. The monoisotopic (exact) mass is 1140 g/mol. The second kappa shape index (κ2) is 28.5. The molecule has 24 heteroatoms. The number of halogens is 1. The molecule has 2 aromatic carbocycles. The van der Waals surface area contributed by atoms with E-state index in [-0.39, 0.29) is 51.8 Å². The number of aromatic nitrogens is 3. The van der Waals surface area contributed by atoms with Crippen LogP contribution in [0.3, 0.4) is 0 Å². The highest BCUT2D eigenvalue weighted by atomic mass is 32.2. The van der Waals surface area contributed by atoms with Crippen molar-refractivity contribution >= 4 is 61.4 Å². The number of amides is 2. The maximum absolute atomic E-state index is 13.3. The number of piperidine rings is 2. The Morgan fingerprint density at radius 1 is 0.713 bits per heavy atom. The lowest BCUT2D eigenvalue weighted by Crippen LogP contribution is -2.43. The number of sulfonamides is 2. The summed E-state index contributed by atoms with van der Waals surface area (Å²) in [4.78, 5) is 76.5. The number of hydrogen-bond acceptors (Lipinski definition) is 18. The first-order valence-electron chi connectivity index (χ1n) is 25.6. The third-order valence-corrected chi connectivity index (χ3v) is 15.4. The van der Waals surface area contributed by atoms with Crippen molar-refractivity contribution in [2.75, 3.05) is 48.3 Å². The molecule has 3 N–H and O–H groups in total. The van der Waals surface area contributed by atoms with Crippen molar-refractivity contribution in [1.82, 2.24) is 24.4 Å². The molecule has 2 aliphatic heterocycles. The Hall–Kier alpha value is -8.35. The molecular weight excluding hydrogens is 1070 g/mol. The number of carbonyl (C=O) groups excluding carboxylic acids is 4. The van der Waals surface area contributed by atoms with Crippen molar-refractivity contribution in [2.24, 2.45) is 11.8 Å². The molecule has 3 aromatic heterocycles. The number of carboxylic acids is 1.